The van der Waals surface area contributed by atoms with E-state index < -0.39 is 11.7 Å². The van der Waals surface area contributed by atoms with E-state index in [-0.39, 0.29) is 10.9 Å². The van der Waals surface area contributed by atoms with Crippen LogP contribution in [-0.2, 0) is 19.0 Å². The van der Waals surface area contributed by atoms with E-state index >= 15 is 0 Å². The van der Waals surface area contributed by atoms with Crippen molar-refractivity contribution >= 4 is 34.7 Å². The number of carbonyl (C=O) groups is 1. The fraction of sp³-hybridized carbons (Fsp3) is 0.444. The van der Waals surface area contributed by atoms with Gasteiger partial charge in [-0.15, -0.1) is 11.3 Å². The predicted octanol–water partition coefficient (Wildman–Crippen LogP) is 3.69. The average molecular weight is 417 g/mol. The highest BCUT2D eigenvalue weighted by atomic mass is 35.5. The van der Waals surface area contributed by atoms with Crippen molar-refractivity contribution in [3.63, 3.8) is 0 Å². The van der Waals surface area contributed by atoms with E-state index in [2.05, 4.69) is 4.98 Å². The number of nitrogens with zero attached hydrogens (tertiary/aromatic N) is 2. The van der Waals surface area contributed by atoms with Crippen LogP contribution in [0.25, 0.3) is 0 Å². The lowest BCUT2D eigenvalue weighted by molar-refractivity contribution is -0.367. The number of rotatable bonds is 2. The zero-order chi connectivity index (χ0) is 19.2. The second kappa shape index (κ2) is 6.98. The summed E-state index contributed by atoms with van der Waals surface area (Å²) in [5.41, 5.74) is 0.490. The number of piperazine rings is 1. The van der Waals surface area contributed by atoms with Gasteiger partial charge in [0.1, 0.15) is 24.3 Å². The van der Waals surface area contributed by atoms with Crippen LogP contribution in [0, 0.1) is 0 Å². The molecule has 0 atom stereocenters. The van der Waals surface area contributed by atoms with Gasteiger partial charge in [-0.25, -0.2) is 4.98 Å². The van der Waals surface area contributed by atoms with Crippen LogP contribution in [0.15, 0.2) is 18.3 Å². The minimum absolute atomic E-state index is 0.0271. The van der Waals surface area contributed by atoms with E-state index in [1.165, 1.54) is 16.9 Å². The normalized spacial score (nSPS) is 17.3. The van der Waals surface area contributed by atoms with E-state index in [1.54, 1.807) is 16.2 Å². The Labute approximate surface area is 163 Å². The highest BCUT2D eigenvalue weighted by Gasteiger charge is 2.35. The van der Waals surface area contributed by atoms with E-state index in [4.69, 9.17) is 11.6 Å². The van der Waals surface area contributed by atoms with Gasteiger partial charge in [0.25, 0.3) is 11.7 Å². The summed E-state index contributed by atoms with van der Waals surface area (Å²) in [7, 11) is 0. The van der Waals surface area contributed by atoms with E-state index in [0.717, 1.165) is 30.0 Å². The Morgan fingerprint density at radius 2 is 1.89 bits per heavy atom. The number of H-pyrrole nitrogens is 1. The summed E-state index contributed by atoms with van der Waals surface area (Å²) in [4.78, 5) is 21.2. The van der Waals surface area contributed by atoms with Crippen LogP contribution in [0.5, 0.6) is 0 Å². The first-order valence-corrected chi connectivity index (χ1v) is 9.96. The average Bonchev–Trinajstić information content (AvgIpc) is 3.22. The van der Waals surface area contributed by atoms with Crippen molar-refractivity contribution in [1.29, 1.82) is 0 Å². The summed E-state index contributed by atoms with van der Waals surface area (Å²) in [5, 5.41) is 0.0271. The third-order valence-corrected chi connectivity index (χ3v) is 6.55. The summed E-state index contributed by atoms with van der Waals surface area (Å²) >= 11 is 7.64. The minimum atomic E-state index is -4.44. The van der Waals surface area contributed by atoms with Gasteiger partial charge in [-0.2, -0.15) is 13.2 Å². The molecular formula is C18H18ClF3N3OS+. The van der Waals surface area contributed by atoms with Crippen molar-refractivity contribution in [2.75, 3.05) is 31.1 Å². The van der Waals surface area contributed by atoms with Gasteiger partial charge >= 0.3 is 6.18 Å². The molecule has 0 spiro atoms. The molecule has 1 fully saturated rings. The predicted molar refractivity (Wildman–Crippen MR) is 97.5 cm³/mol. The topological polar surface area (TPSA) is 37.7 Å². The standard InChI is InChI=1S/C18H17ClF3N3OS/c19-13-9-12(18(20,21)22)10-23-16(13)24-4-6-25(7-5-24)17(26)15-8-11-2-1-3-14(11)27-15/h8-10H,1-7H2/p+1. The number of alkyl halides is 3. The summed E-state index contributed by atoms with van der Waals surface area (Å²) < 4.78 is 38.3. The van der Waals surface area contributed by atoms with Crippen LogP contribution in [0.1, 0.15) is 32.1 Å². The van der Waals surface area contributed by atoms with Gasteiger partial charge in [0.05, 0.1) is 23.5 Å². The van der Waals surface area contributed by atoms with Gasteiger partial charge in [0, 0.05) is 4.88 Å². The number of fused-ring (bicyclic) bond motifs is 1. The SMILES string of the molecule is O=C(c1cc2c(s1)CCC2)N1CCN(c2[nH+]cc(C(F)(F)F)cc2Cl)CC1. The van der Waals surface area contributed by atoms with Crippen molar-refractivity contribution in [3.05, 3.63) is 44.2 Å². The maximum absolute atomic E-state index is 12.8. The largest absolute Gasteiger partial charge is 0.419 e. The van der Waals surface area contributed by atoms with Crippen LogP contribution in [0.4, 0.5) is 19.0 Å². The first-order chi connectivity index (χ1) is 12.8. The molecule has 1 aliphatic carbocycles. The Balaban J connectivity index is 1.42. The van der Waals surface area contributed by atoms with Crippen LogP contribution in [0.3, 0.4) is 0 Å². The van der Waals surface area contributed by atoms with Gasteiger partial charge in [0.2, 0.25) is 0 Å². The molecule has 27 heavy (non-hydrogen) atoms. The highest BCUT2D eigenvalue weighted by Crippen LogP contribution is 2.33. The van der Waals surface area contributed by atoms with Gasteiger partial charge < -0.3 is 4.90 Å². The number of aromatic amines is 1. The van der Waals surface area contributed by atoms with Crippen LogP contribution >= 0.6 is 22.9 Å². The molecule has 4 nitrogen and oxygen atoms in total. The molecule has 0 radical (unpaired) electrons. The van der Waals surface area contributed by atoms with E-state index in [9.17, 15) is 18.0 Å². The lowest BCUT2D eigenvalue weighted by Gasteiger charge is -2.31. The number of halogens is 4. The van der Waals surface area contributed by atoms with Crippen LogP contribution in [0.2, 0.25) is 5.02 Å². The monoisotopic (exact) mass is 416 g/mol. The molecule has 0 saturated carbocycles. The number of aryl methyl sites for hydroxylation is 2. The smallest absolute Gasteiger partial charge is 0.330 e. The van der Waals surface area contributed by atoms with E-state index in [0.29, 0.717) is 32.0 Å². The quantitative estimate of drug-likeness (QED) is 0.749. The van der Waals surface area contributed by atoms with Gasteiger partial charge in [-0.1, -0.05) is 11.6 Å². The molecule has 4 rings (SSSR count). The molecule has 0 aromatic carbocycles. The van der Waals surface area contributed by atoms with Gasteiger partial charge in [-0.3, -0.25) is 9.69 Å². The molecule has 2 aromatic rings. The summed E-state index contributed by atoms with van der Waals surface area (Å²) in [5.74, 6) is 0.489. The van der Waals surface area contributed by atoms with Crippen LogP contribution in [-0.4, -0.2) is 37.0 Å². The molecule has 1 N–H and O–H groups in total. The summed E-state index contributed by atoms with van der Waals surface area (Å²) in [6.07, 6.45) is -0.242. The molecular weight excluding hydrogens is 399 g/mol. The summed E-state index contributed by atoms with van der Waals surface area (Å²) in [6, 6.07) is 2.94. The Bertz CT molecular complexity index is 854. The number of carbonyl (C=O) groups excluding carboxylic acids is 1. The molecule has 0 bridgehead atoms. The molecule has 2 aromatic heterocycles. The molecule has 1 saturated heterocycles. The fourth-order valence-electron chi connectivity index (χ4n) is 3.59. The lowest BCUT2D eigenvalue weighted by atomic mass is 10.2. The Morgan fingerprint density at radius 3 is 2.52 bits per heavy atom. The number of hydrogen-bond donors (Lipinski definition) is 0. The maximum Gasteiger partial charge on any atom is 0.419 e. The molecule has 3 heterocycles. The summed E-state index contributed by atoms with van der Waals surface area (Å²) in [6.45, 7) is 2.04. The fourth-order valence-corrected chi connectivity index (χ4v) is 5.10. The Kier molecular flexibility index (Phi) is 4.80. The zero-order valence-electron chi connectivity index (χ0n) is 14.4. The Morgan fingerprint density at radius 1 is 1.15 bits per heavy atom. The molecule has 1 amide bonds. The number of pyridine rings is 1. The number of hydrogen-bond acceptors (Lipinski definition) is 3. The number of amides is 1. The third kappa shape index (κ3) is 3.65. The van der Waals surface area contributed by atoms with E-state index in [1.807, 2.05) is 11.0 Å². The van der Waals surface area contributed by atoms with Crippen molar-refractivity contribution < 1.29 is 22.9 Å². The first kappa shape index (κ1) is 18.6. The van der Waals surface area contributed by atoms with Crippen LogP contribution < -0.4 is 9.88 Å². The van der Waals surface area contributed by atoms with Crippen molar-refractivity contribution in [3.8, 4) is 0 Å². The first-order valence-electron chi connectivity index (χ1n) is 8.77. The zero-order valence-corrected chi connectivity index (χ0v) is 16.0. The maximum atomic E-state index is 12.8. The molecule has 0 unspecified atom stereocenters. The Hall–Kier alpha value is -1.80. The van der Waals surface area contributed by atoms with Gasteiger partial charge in [0.15, 0.2) is 0 Å². The molecule has 1 aliphatic heterocycles. The highest BCUT2D eigenvalue weighted by molar-refractivity contribution is 7.14. The van der Waals surface area contributed by atoms with Crippen molar-refractivity contribution in [2.24, 2.45) is 0 Å². The van der Waals surface area contributed by atoms with Gasteiger partial charge in [-0.05, 0) is 37.0 Å². The molecule has 2 aliphatic rings. The second-order valence-electron chi connectivity index (χ2n) is 6.77. The lowest BCUT2D eigenvalue weighted by Crippen LogP contribution is -2.50. The minimum Gasteiger partial charge on any atom is -0.330 e. The van der Waals surface area contributed by atoms with Crippen molar-refractivity contribution in [2.45, 2.75) is 25.4 Å². The number of nitrogens with one attached hydrogen (secondary N) is 1. The third-order valence-electron chi connectivity index (χ3n) is 5.04. The molecule has 144 valence electrons. The number of anilines is 1. The second-order valence-corrected chi connectivity index (χ2v) is 8.32. The number of thiophene rings is 1. The van der Waals surface area contributed by atoms with Crippen molar-refractivity contribution in [1.82, 2.24) is 4.90 Å². The molecule has 9 heteroatoms. The number of aromatic nitrogens is 1.